The number of benzene rings is 1. The van der Waals surface area contributed by atoms with E-state index in [1.807, 2.05) is 0 Å². The van der Waals surface area contributed by atoms with Crippen LogP contribution in [0.2, 0.25) is 10.0 Å². The zero-order valence-electron chi connectivity index (χ0n) is 15.7. The van der Waals surface area contributed by atoms with E-state index in [1.165, 1.54) is 37.0 Å². The molecule has 2 fully saturated rings. The lowest BCUT2D eigenvalue weighted by atomic mass is 9.78. The maximum Gasteiger partial charge on any atom is 0.244 e. The number of anilines is 1. The highest BCUT2D eigenvalue weighted by molar-refractivity contribution is 6.39. The number of rotatable bonds is 5. The summed E-state index contributed by atoms with van der Waals surface area (Å²) in [6, 6.07) is 5.57. The molecule has 2 aliphatic rings. The van der Waals surface area contributed by atoms with Gasteiger partial charge in [-0.25, -0.2) is 0 Å². The number of hydrogen-bond donors (Lipinski definition) is 1. The second-order valence-corrected chi connectivity index (χ2v) is 8.43. The molecule has 1 saturated heterocycles. The van der Waals surface area contributed by atoms with Gasteiger partial charge in [0, 0.05) is 13.1 Å². The van der Waals surface area contributed by atoms with E-state index in [-0.39, 0.29) is 18.4 Å². The van der Waals surface area contributed by atoms with E-state index in [9.17, 15) is 9.59 Å². The largest absolute Gasteiger partial charge is 0.335 e. The van der Waals surface area contributed by atoms with Gasteiger partial charge in [-0.2, -0.15) is 0 Å². The summed E-state index contributed by atoms with van der Waals surface area (Å²) in [6.07, 6.45) is 7.48. The van der Waals surface area contributed by atoms with E-state index < -0.39 is 0 Å². The Morgan fingerprint density at radius 1 is 1.15 bits per heavy atom. The molecule has 7 heteroatoms. The highest BCUT2D eigenvalue weighted by Crippen LogP contribution is 2.35. The lowest BCUT2D eigenvalue weighted by molar-refractivity contribution is -0.135. The second-order valence-electron chi connectivity index (χ2n) is 7.62. The van der Waals surface area contributed by atoms with E-state index in [0.717, 1.165) is 18.9 Å². The van der Waals surface area contributed by atoms with Crippen molar-refractivity contribution in [3.8, 4) is 0 Å². The molecule has 1 saturated carbocycles. The van der Waals surface area contributed by atoms with Crippen molar-refractivity contribution >= 4 is 40.7 Å². The molecule has 0 radical (unpaired) electrons. The third kappa shape index (κ3) is 5.15. The van der Waals surface area contributed by atoms with Crippen molar-refractivity contribution in [2.24, 2.45) is 5.92 Å². The van der Waals surface area contributed by atoms with Crippen LogP contribution in [0.3, 0.4) is 0 Å². The minimum absolute atomic E-state index is 0.0255. The van der Waals surface area contributed by atoms with Crippen LogP contribution in [0.1, 0.15) is 38.5 Å². The van der Waals surface area contributed by atoms with Gasteiger partial charge in [-0.3, -0.25) is 14.5 Å². The van der Waals surface area contributed by atoms with Crippen LogP contribution in [0.25, 0.3) is 0 Å². The number of fused-ring (bicyclic) bond motifs is 1. The summed E-state index contributed by atoms with van der Waals surface area (Å²) in [5, 5.41) is 3.46. The predicted molar refractivity (Wildman–Crippen MR) is 109 cm³/mol. The highest BCUT2D eigenvalue weighted by Gasteiger charge is 2.34. The van der Waals surface area contributed by atoms with Crippen molar-refractivity contribution in [3.05, 3.63) is 28.2 Å². The number of nitrogens with zero attached hydrogens (tertiary/aromatic N) is 2. The van der Waals surface area contributed by atoms with Gasteiger partial charge in [-0.15, -0.1) is 0 Å². The number of carbonyl (C=O) groups excluding carboxylic acids is 2. The molecule has 0 spiro atoms. The van der Waals surface area contributed by atoms with Gasteiger partial charge in [0.2, 0.25) is 11.8 Å². The van der Waals surface area contributed by atoms with Crippen molar-refractivity contribution in [1.29, 1.82) is 0 Å². The molecule has 27 heavy (non-hydrogen) atoms. The van der Waals surface area contributed by atoms with Crippen molar-refractivity contribution in [1.82, 2.24) is 9.80 Å². The Morgan fingerprint density at radius 3 is 2.56 bits per heavy atom. The number of likely N-dealkylation sites (N-methyl/N-ethyl adjacent to an activating group) is 1. The van der Waals surface area contributed by atoms with Gasteiger partial charge in [-0.1, -0.05) is 42.1 Å². The lowest BCUT2D eigenvalue weighted by Crippen LogP contribution is -2.51. The minimum Gasteiger partial charge on any atom is -0.335 e. The quantitative estimate of drug-likeness (QED) is 0.794. The van der Waals surface area contributed by atoms with Crippen LogP contribution in [-0.2, 0) is 9.59 Å². The first-order valence-corrected chi connectivity index (χ1v) is 10.4. The Labute approximate surface area is 171 Å². The number of halogens is 2. The van der Waals surface area contributed by atoms with Crippen molar-refractivity contribution < 1.29 is 9.59 Å². The first-order valence-electron chi connectivity index (χ1n) is 9.67. The molecule has 0 unspecified atom stereocenters. The molecule has 0 bridgehead atoms. The molecule has 1 aliphatic carbocycles. The topological polar surface area (TPSA) is 52.7 Å². The van der Waals surface area contributed by atoms with E-state index in [4.69, 9.17) is 23.2 Å². The van der Waals surface area contributed by atoms with Gasteiger partial charge in [-0.05, 0) is 50.3 Å². The summed E-state index contributed by atoms with van der Waals surface area (Å²) in [6.45, 7) is 1.34. The van der Waals surface area contributed by atoms with E-state index in [1.54, 1.807) is 25.2 Å². The number of carbonyl (C=O) groups is 2. The first kappa shape index (κ1) is 20.4. The first-order chi connectivity index (χ1) is 13.0. The number of amides is 2. The zero-order chi connectivity index (χ0) is 19.4. The normalized spacial score (nSPS) is 22.8. The maximum absolute atomic E-state index is 12.7. The summed E-state index contributed by atoms with van der Waals surface area (Å²) in [5.41, 5.74) is 0.382. The number of likely N-dealkylation sites (tertiary alicyclic amines) is 1. The molecule has 1 aromatic rings. The standard InChI is InChI=1S/C20H27Cl2N3O2/c1-24(12-18(26)23-20-15(21)8-4-9-16(20)22)19(27)13-25-11-5-7-14-6-2-3-10-17(14)25/h4,8-9,14,17H,2-3,5-7,10-13H2,1H3,(H,23,26)/t14-,17+/m1/s1. The fourth-order valence-corrected chi connectivity index (χ4v) is 4.81. The zero-order valence-corrected chi connectivity index (χ0v) is 17.2. The molecule has 5 nitrogen and oxygen atoms in total. The Kier molecular flexibility index (Phi) is 7.01. The van der Waals surface area contributed by atoms with Gasteiger partial charge in [0.1, 0.15) is 0 Å². The third-order valence-electron chi connectivity index (χ3n) is 5.73. The molecule has 1 heterocycles. The van der Waals surface area contributed by atoms with Crippen LogP contribution < -0.4 is 5.32 Å². The van der Waals surface area contributed by atoms with Gasteiger partial charge in [0.15, 0.2) is 0 Å². The molecule has 2 amide bonds. The fraction of sp³-hybridized carbons (Fsp3) is 0.600. The van der Waals surface area contributed by atoms with Gasteiger partial charge >= 0.3 is 0 Å². The molecular weight excluding hydrogens is 385 g/mol. The molecular formula is C20H27Cl2N3O2. The smallest absolute Gasteiger partial charge is 0.244 e. The average molecular weight is 412 g/mol. The Bertz CT molecular complexity index is 676. The average Bonchev–Trinajstić information content (AvgIpc) is 2.65. The number of para-hydroxylation sites is 1. The van der Waals surface area contributed by atoms with E-state index in [2.05, 4.69) is 10.2 Å². The van der Waals surface area contributed by atoms with Crippen LogP contribution in [0.5, 0.6) is 0 Å². The molecule has 1 N–H and O–H groups in total. The monoisotopic (exact) mass is 411 g/mol. The molecule has 1 aliphatic heterocycles. The van der Waals surface area contributed by atoms with Crippen LogP contribution in [-0.4, -0.2) is 54.3 Å². The number of hydrogen-bond acceptors (Lipinski definition) is 3. The van der Waals surface area contributed by atoms with Gasteiger partial charge in [0.05, 0.1) is 28.8 Å². The summed E-state index contributed by atoms with van der Waals surface area (Å²) in [4.78, 5) is 28.8. The summed E-state index contributed by atoms with van der Waals surface area (Å²) >= 11 is 12.2. The lowest BCUT2D eigenvalue weighted by Gasteiger charge is -2.44. The Balaban J connectivity index is 1.53. The van der Waals surface area contributed by atoms with Crippen molar-refractivity contribution in [2.75, 3.05) is 32.0 Å². The van der Waals surface area contributed by atoms with Crippen LogP contribution in [0.15, 0.2) is 18.2 Å². The summed E-state index contributed by atoms with van der Waals surface area (Å²) < 4.78 is 0. The summed E-state index contributed by atoms with van der Waals surface area (Å²) in [7, 11) is 1.67. The predicted octanol–water partition coefficient (Wildman–Crippen LogP) is 4.04. The SMILES string of the molecule is CN(CC(=O)Nc1c(Cl)cccc1Cl)C(=O)CN1CCC[C@H]2CCCC[C@@H]21. The molecule has 0 aromatic heterocycles. The van der Waals surface area contributed by atoms with Crippen molar-refractivity contribution in [3.63, 3.8) is 0 Å². The minimum atomic E-state index is -0.310. The summed E-state index contributed by atoms with van der Waals surface area (Å²) in [5.74, 6) is 0.396. The maximum atomic E-state index is 12.7. The van der Waals surface area contributed by atoms with Crippen LogP contribution in [0.4, 0.5) is 5.69 Å². The number of nitrogens with one attached hydrogen (secondary N) is 1. The van der Waals surface area contributed by atoms with Crippen LogP contribution >= 0.6 is 23.2 Å². The molecule has 3 rings (SSSR count). The number of piperidine rings is 1. The molecule has 2 atom stereocenters. The fourth-order valence-electron chi connectivity index (χ4n) is 4.32. The highest BCUT2D eigenvalue weighted by atomic mass is 35.5. The van der Waals surface area contributed by atoms with Gasteiger partial charge in [0.25, 0.3) is 0 Å². The van der Waals surface area contributed by atoms with Crippen LogP contribution in [0, 0.1) is 5.92 Å². The van der Waals surface area contributed by atoms with Gasteiger partial charge < -0.3 is 10.2 Å². The Hall–Kier alpha value is -1.30. The third-order valence-corrected chi connectivity index (χ3v) is 6.36. The second kappa shape index (κ2) is 9.26. The van der Waals surface area contributed by atoms with Crippen molar-refractivity contribution in [2.45, 2.75) is 44.6 Å². The van der Waals surface area contributed by atoms with E-state index >= 15 is 0 Å². The molecule has 148 valence electrons. The molecule has 1 aromatic carbocycles. The van der Waals surface area contributed by atoms with E-state index in [0.29, 0.717) is 28.3 Å². The Morgan fingerprint density at radius 2 is 1.81 bits per heavy atom.